The highest BCUT2D eigenvalue weighted by Gasteiger charge is 2.13. The normalized spacial score (nSPS) is 11.1. The van der Waals surface area contributed by atoms with Crippen LogP contribution in [0.15, 0.2) is 54.4 Å². The topological polar surface area (TPSA) is 35.2 Å². The predicted octanol–water partition coefficient (Wildman–Crippen LogP) is 4.82. The van der Waals surface area contributed by atoms with Crippen molar-refractivity contribution < 1.29 is 4.74 Å². The van der Waals surface area contributed by atoms with Crippen molar-refractivity contribution in [3.05, 3.63) is 64.8 Å². The van der Waals surface area contributed by atoms with Crippen LogP contribution in [-0.2, 0) is 19.8 Å². The average molecular weight is 401 g/mol. The third-order valence-corrected chi connectivity index (χ3v) is 5.40. The maximum atomic E-state index is 5.64. The van der Waals surface area contributed by atoms with Crippen LogP contribution in [-0.4, -0.2) is 32.9 Å². The number of hydrogen-bond donors (Lipinski definition) is 0. The maximum absolute atomic E-state index is 5.64. The van der Waals surface area contributed by atoms with Crippen molar-refractivity contribution in [1.82, 2.24) is 19.2 Å². The van der Waals surface area contributed by atoms with Crippen LogP contribution in [0.25, 0.3) is 10.7 Å². The lowest BCUT2D eigenvalue weighted by molar-refractivity contribution is 0.244. The van der Waals surface area contributed by atoms with Gasteiger partial charge in [-0.15, -0.1) is 16.4 Å². The van der Waals surface area contributed by atoms with Gasteiger partial charge in [0.25, 0.3) is 0 Å². The van der Waals surface area contributed by atoms with E-state index in [0.717, 1.165) is 34.3 Å². The molecule has 0 amide bonds. The van der Waals surface area contributed by atoms with Crippen LogP contribution in [0, 0.1) is 4.77 Å². The van der Waals surface area contributed by atoms with Gasteiger partial charge in [-0.25, -0.2) is 4.68 Å². The van der Waals surface area contributed by atoms with Crippen LogP contribution >= 0.6 is 23.6 Å². The minimum Gasteiger partial charge on any atom is -0.490 e. The minimum atomic E-state index is 0.518. The van der Waals surface area contributed by atoms with Crippen molar-refractivity contribution in [2.75, 3.05) is 13.7 Å². The van der Waals surface area contributed by atoms with Crippen molar-refractivity contribution in [2.24, 2.45) is 0 Å². The Morgan fingerprint density at radius 2 is 2.07 bits per heavy atom. The second kappa shape index (κ2) is 9.12. The SMILES string of the molecule is C=CCOc1ccc(CN(C)Cn2nc(-c3cccs3)n(CC)c2=S)cc1. The maximum Gasteiger partial charge on any atom is 0.199 e. The fraction of sp³-hybridized carbons (Fsp3) is 0.300. The molecule has 7 heteroatoms. The first kappa shape index (κ1) is 19.5. The lowest BCUT2D eigenvalue weighted by Gasteiger charge is -2.16. The molecular weight excluding hydrogens is 376 g/mol. The first-order valence-corrected chi connectivity index (χ1v) is 10.1. The van der Waals surface area contributed by atoms with Gasteiger partial charge in [-0.05, 0) is 55.3 Å². The van der Waals surface area contributed by atoms with E-state index in [0.29, 0.717) is 13.3 Å². The molecule has 5 nitrogen and oxygen atoms in total. The summed E-state index contributed by atoms with van der Waals surface area (Å²) in [5.74, 6) is 1.79. The van der Waals surface area contributed by atoms with Crippen LogP contribution in [0.4, 0.5) is 0 Å². The second-order valence-corrected chi connectivity index (χ2v) is 7.54. The quantitative estimate of drug-likeness (QED) is 0.381. The van der Waals surface area contributed by atoms with E-state index in [1.807, 2.05) is 22.9 Å². The van der Waals surface area contributed by atoms with E-state index in [1.54, 1.807) is 17.4 Å². The number of aromatic nitrogens is 3. The third kappa shape index (κ3) is 4.74. The van der Waals surface area contributed by atoms with Gasteiger partial charge >= 0.3 is 0 Å². The monoisotopic (exact) mass is 400 g/mol. The van der Waals surface area contributed by atoms with Crippen molar-refractivity contribution in [3.8, 4) is 16.5 Å². The molecule has 0 aliphatic heterocycles. The fourth-order valence-corrected chi connectivity index (χ4v) is 3.87. The number of thiophene rings is 1. The molecule has 2 heterocycles. The first-order valence-electron chi connectivity index (χ1n) is 8.85. The molecule has 0 unspecified atom stereocenters. The zero-order valence-electron chi connectivity index (χ0n) is 15.7. The van der Waals surface area contributed by atoms with Gasteiger partial charge < -0.3 is 4.74 Å². The number of benzene rings is 1. The van der Waals surface area contributed by atoms with Gasteiger partial charge in [0, 0.05) is 13.1 Å². The van der Waals surface area contributed by atoms with Crippen molar-refractivity contribution in [2.45, 2.75) is 26.7 Å². The number of hydrogen-bond acceptors (Lipinski definition) is 5. The highest BCUT2D eigenvalue weighted by Crippen LogP contribution is 2.23. The molecule has 0 saturated heterocycles. The van der Waals surface area contributed by atoms with Gasteiger partial charge in [-0.1, -0.05) is 30.9 Å². The molecule has 0 N–H and O–H groups in total. The molecular formula is C20H24N4OS2. The molecule has 142 valence electrons. The Hall–Kier alpha value is -2.22. The summed E-state index contributed by atoms with van der Waals surface area (Å²) in [6.07, 6.45) is 1.74. The summed E-state index contributed by atoms with van der Waals surface area (Å²) in [5.41, 5.74) is 1.21. The Bertz CT molecular complexity index is 926. The lowest BCUT2D eigenvalue weighted by Crippen LogP contribution is -2.22. The smallest absolute Gasteiger partial charge is 0.199 e. The van der Waals surface area contributed by atoms with Crippen LogP contribution < -0.4 is 4.74 Å². The molecule has 0 atom stereocenters. The molecule has 3 aromatic rings. The highest BCUT2D eigenvalue weighted by atomic mass is 32.1. The van der Waals surface area contributed by atoms with Gasteiger partial charge in [-0.3, -0.25) is 9.47 Å². The van der Waals surface area contributed by atoms with Gasteiger partial charge in [-0.2, -0.15) is 0 Å². The van der Waals surface area contributed by atoms with E-state index in [9.17, 15) is 0 Å². The largest absolute Gasteiger partial charge is 0.490 e. The summed E-state index contributed by atoms with van der Waals surface area (Å²) in [7, 11) is 2.07. The molecule has 0 spiro atoms. The van der Waals surface area contributed by atoms with Gasteiger partial charge in [0.15, 0.2) is 10.6 Å². The molecule has 0 aliphatic carbocycles. The molecule has 1 aromatic carbocycles. The molecule has 27 heavy (non-hydrogen) atoms. The first-order chi connectivity index (χ1) is 13.1. The molecule has 2 aromatic heterocycles. The van der Waals surface area contributed by atoms with Gasteiger partial charge in [0.2, 0.25) is 0 Å². The molecule has 0 radical (unpaired) electrons. The predicted molar refractivity (Wildman–Crippen MR) is 114 cm³/mol. The van der Waals surface area contributed by atoms with E-state index in [4.69, 9.17) is 22.1 Å². The molecule has 0 aliphatic rings. The van der Waals surface area contributed by atoms with Crippen molar-refractivity contribution >= 4 is 23.6 Å². The van der Waals surface area contributed by atoms with E-state index in [-0.39, 0.29) is 0 Å². The minimum absolute atomic E-state index is 0.518. The molecule has 3 rings (SSSR count). The Kier molecular flexibility index (Phi) is 6.60. The van der Waals surface area contributed by atoms with E-state index in [1.165, 1.54) is 5.56 Å². The van der Waals surface area contributed by atoms with Crippen molar-refractivity contribution in [3.63, 3.8) is 0 Å². The Morgan fingerprint density at radius 1 is 1.30 bits per heavy atom. The summed E-state index contributed by atoms with van der Waals surface area (Å²) in [5, 5.41) is 6.83. The van der Waals surface area contributed by atoms with E-state index < -0.39 is 0 Å². The third-order valence-electron chi connectivity index (χ3n) is 4.10. The highest BCUT2D eigenvalue weighted by molar-refractivity contribution is 7.71. The van der Waals surface area contributed by atoms with Crippen LogP contribution in [0.3, 0.4) is 0 Å². The summed E-state index contributed by atoms with van der Waals surface area (Å²) >= 11 is 7.32. The number of nitrogens with zero attached hydrogens (tertiary/aromatic N) is 4. The Morgan fingerprint density at radius 3 is 2.70 bits per heavy atom. The molecule has 0 saturated carbocycles. The zero-order chi connectivity index (χ0) is 19.2. The van der Waals surface area contributed by atoms with Crippen LogP contribution in [0.5, 0.6) is 5.75 Å². The lowest BCUT2D eigenvalue weighted by atomic mass is 10.2. The Balaban J connectivity index is 1.70. The zero-order valence-corrected chi connectivity index (χ0v) is 17.3. The second-order valence-electron chi connectivity index (χ2n) is 6.23. The summed E-state index contributed by atoms with van der Waals surface area (Å²) in [4.78, 5) is 3.33. The van der Waals surface area contributed by atoms with Gasteiger partial charge in [0.05, 0.1) is 11.5 Å². The fourth-order valence-electron chi connectivity index (χ4n) is 2.84. The van der Waals surface area contributed by atoms with E-state index >= 15 is 0 Å². The van der Waals surface area contributed by atoms with Crippen LogP contribution in [0.2, 0.25) is 0 Å². The Labute approximate surface area is 169 Å². The number of rotatable bonds is 9. The standard InChI is InChI=1S/C20H24N4OS2/c1-4-12-25-17-10-8-16(9-11-17)14-22(3)15-24-20(26)23(5-2)19(21-24)18-7-6-13-27-18/h4,6-11,13H,1,5,12,14-15H2,2-3H3. The van der Waals surface area contributed by atoms with Gasteiger partial charge in [0.1, 0.15) is 12.4 Å². The molecule has 0 bridgehead atoms. The van der Waals surface area contributed by atoms with Crippen molar-refractivity contribution in [1.29, 1.82) is 0 Å². The molecule has 0 fully saturated rings. The van der Waals surface area contributed by atoms with Crippen LogP contribution in [0.1, 0.15) is 12.5 Å². The van der Waals surface area contributed by atoms with E-state index in [2.05, 4.69) is 53.6 Å². The summed E-state index contributed by atoms with van der Waals surface area (Å²) < 4.78 is 10.3. The summed E-state index contributed by atoms with van der Waals surface area (Å²) in [6, 6.07) is 12.2. The average Bonchev–Trinajstić information content (AvgIpc) is 3.30. The summed E-state index contributed by atoms with van der Waals surface area (Å²) in [6.45, 7) is 8.52. The number of ether oxygens (including phenoxy) is 1.